The quantitative estimate of drug-likeness (QED) is 0.844. The summed E-state index contributed by atoms with van der Waals surface area (Å²) in [6.45, 7) is 1.88. The van der Waals surface area contributed by atoms with Crippen molar-refractivity contribution in [2.75, 3.05) is 31.7 Å². The molecule has 0 spiro atoms. The van der Waals surface area contributed by atoms with Crippen LogP contribution in [-0.2, 0) is 10.9 Å². The number of hydrogen-bond acceptors (Lipinski definition) is 5. The maximum absolute atomic E-state index is 13.3. The van der Waals surface area contributed by atoms with E-state index in [1.165, 1.54) is 12.4 Å². The number of alkyl halides is 3. The Labute approximate surface area is 143 Å². The first kappa shape index (κ1) is 17.6. The van der Waals surface area contributed by atoms with Gasteiger partial charge in [0.25, 0.3) is 0 Å². The maximum Gasteiger partial charge on any atom is 0.433 e. The topological polar surface area (TPSA) is 51.1 Å². The molecule has 5 nitrogen and oxygen atoms in total. The number of pyridine rings is 1. The van der Waals surface area contributed by atoms with Crippen molar-refractivity contribution in [3.8, 4) is 11.4 Å². The number of aromatic nitrogens is 3. The van der Waals surface area contributed by atoms with Crippen molar-refractivity contribution in [3.63, 3.8) is 0 Å². The van der Waals surface area contributed by atoms with Crippen LogP contribution in [0.15, 0.2) is 30.6 Å². The Hall–Kier alpha value is -2.22. The van der Waals surface area contributed by atoms with Crippen molar-refractivity contribution in [2.45, 2.75) is 19.0 Å². The Morgan fingerprint density at radius 2 is 2.00 bits per heavy atom. The van der Waals surface area contributed by atoms with Gasteiger partial charge in [-0.25, -0.2) is 9.97 Å². The van der Waals surface area contributed by atoms with Crippen LogP contribution in [0.5, 0.6) is 0 Å². The van der Waals surface area contributed by atoms with Gasteiger partial charge in [0.05, 0.1) is 6.61 Å². The molecule has 134 valence electrons. The van der Waals surface area contributed by atoms with E-state index in [2.05, 4.69) is 15.0 Å². The van der Waals surface area contributed by atoms with Crippen molar-refractivity contribution in [2.24, 2.45) is 5.92 Å². The second-order valence-corrected chi connectivity index (χ2v) is 6.08. The van der Waals surface area contributed by atoms with Gasteiger partial charge in [0.2, 0.25) is 0 Å². The zero-order chi connectivity index (χ0) is 17.9. The first-order valence-electron chi connectivity index (χ1n) is 8.08. The number of hydrogen-bond donors (Lipinski definition) is 0. The Bertz CT molecular complexity index is 707. The lowest BCUT2D eigenvalue weighted by molar-refractivity contribution is -0.141. The van der Waals surface area contributed by atoms with E-state index in [0.29, 0.717) is 31.1 Å². The van der Waals surface area contributed by atoms with Gasteiger partial charge in [-0.2, -0.15) is 13.2 Å². The molecule has 3 rings (SSSR count). The fraction of sp³-hybridized carbons (Fsp3) is 0.471. The van der Waals surface area contributed by atoms with Crippen molar-refractivity contribution >= 4 is 5.82 Å². The zero-order valence-corrected chi connectivity index (χ0v) is 13.8. The van der Waals surface area contributed by atoms with Gasteiger partial charge in [0.15, 0.2) is 11.5 Å². The molecule has 2 aromatic heterocycles. The van der Waals surface area contributed by atoms with Gasteiger partial charge < -0.3 is 9.64 Å². The molecule has 0 bridgehead atoms. The largest absolute Gasteiger partial charge is 0.433 e. The van der Waals surface area contributed by atoms with E-state index >= 15 is 0 Å². The van der Waals surface area contributed by atoms with E-state index in [1.807, 2.05) is 4.90 Å². The lowest BCUT2D eigenvalue weighted by atomic mass is 9.99. The van der Waals surface area contributed by atoms with Gasteiger partial charge in [-0.1, -0.05) is 0 Å². The van der Waals surface area contributed by atoms with E-state index in [4.69, 9.17) is 4.74 Å². The van der Waals surface area contributed by atoms with E-state index in [0.717, 1.165) is 18.9 Å². The minimum Gasteiger partial charge on any atom is -0.384 e. The molecule has 0 aromatic carbocycles. The van der Waals surface area contributed by atoms with Crippen LogP contribution in [-0.4, -0.2) is 41.8 Å². The van der Waals surface area contributed by atoms with Crippen LogP contribution in [0.25, 0.3) is 11.4 Å². The summed E-state index contributed by atoms with van der Waals surface area (Å²) in [6.07, 6.45) is 0.381. The summed E-state index contributed by atoms with van der Waals surface area (Å²) >= 11 is 0. The molecule has 1 saturated heterocycles. The molecule has 1 aliphatic heterocycles. The number of rotatable bonds is 4. The van der Waals surface area contributed by atoms with Crippen LogP contribution in [0, 0.1) is 5.92 Å². The highest BCUT2D eigenvalue weighted by molar-refractivity contribution is 5.57. The van der Waals surface area contributed by atoms with Gasteiger partial charge in [-0.3, -0.25) is 4.98 Å². The van der Waals surface area contributed by atoms with Crippen LogP contribution < -0.4 is 4.90 Å². The summed E-state index contributed by atoms with van der Waals surface area (Å²) < 4.78 is 45.1. The minimum atomic E-state index is -4.53. The summed E-state index contributed by atoms with van der Waals surface area (Å²) in [5, 5.41) is 0. The molecule has 1 fully saturated rings. The third kappa shape index (κ3) is 4.25. The minimum absolute atomic E-state index is 0.0566. The number of halogens is 3. The van der Waals surface area contributed by atoms with Gasteiger partial charge in [0.1, 0.15) is 5.82 Å². The highest BCUT2D eigenvalue weighted by Crippen LogP contribution is 2.32. The molecule has 25 heavy (non-hydrogen) atoms. The second kappa shape index (κ2) is 7.35. The molecule has 0 N–H and O–H groups in total. The summed E-state index contributed by atoms with van der Waals surface area (Å²) in [5.74, 6) is 0.642. The molecule has 1 unspecified atom stereocenters. The lowest BCUT2D eigenvalue weighted by Crippen LogP contribution is -2.38. The zero-order valence-electron chi connectivity index (χ0n) is 13.8. The summed E-state index contributed by atoms with van der Waals surface area (Å²) in [6, 6.07) is 4.23. The van der Waals surface area contributed by atoms with Crippen LogP contribution in [0.2, 0.25) is 0 Å². The predicted molar refractivity (Wildman–Crippen MR) is 87.1 cm³/mol. The van der Waals surface area contributed by atoms with Crippen molar-refractivity contribution < 1.29 is 17.9 Å². The molecule has 3 heterocycles. The standard InChI is InChI=1S/C17H19F3N4O/c1-25-11-12-3-2-8-24(10-12)15-9-14(17(18,19)20)22-16(23-15)13-4-6-21-7-5-13/h4-7,9,12H,2-3,8,10-11H2,1H3. The van der Waals surface area contributed by atoms with Gasteiger partial charge in [-0.15, -0.1) is 0 Å². The molecule has 0 aliphatic carbocycles. The first-order valence-corrected chi connectivity index (χ1v) is 8.08. The second-order valence-electron chi connectivity index (χ2n) is 6.08. The average molecular weight is 352 g/mol. The summed E-state index contributed by atoms with van der Waals surface area (Å²) in [7, 11) is 1.63. The number of ether oxygens (including phenoxy) is 1. The van der Waals surface area contributed by atoms with Gasteiger partial charge in [0, 0.05) is 44.2 Å². The molecular formula is C17H19F3N4O. The Morgan fingerprint density at radius 3 is 2.68 bits per heavy atom. The van der Waals surface area contributed by atoms with E-state index in [-0.39, 0.29) is 11.7 Å². The molecule has 1 aliphatic rings. The Kier molecular flexibility index (Phi) is 5.17. The molecule has 0 radical (unpaired) electrons. The summed E-state index contributed by atoms with van der Waals surface area (Å²) in [5.41, 5.74) is -0.425. The molecule has 2 aromatic rings. The lowest BCUT2D eigenvalue weighted by Gasteiger charge is -2.33. The average Bonchev–Trinajstić information content (AvgIpc) is 2.62. The monoisotopic (exact) mass is 352 g/mol. The van der Waals surface area contributed by atoms with Crippen molar-refractivity contribution in [3.05, 3.63) is 36.3 Å². The first-order chi connectivity index (χ1) is 12.0. The van der Waals surface area contributed by atoms with Crippen LogP contribution in [0.1, 0.15) is 18.5 Å². The fourth-order valence-electron chi connectivity index (χ4n) is 3.02. The molecule has 0 saturated carbocycles. The van der Waals surface area contributed by atoms with Crippen molar-refractivity contribution in [1.29, 1.82) is 0 Å². The van der Waals surface area contributed by atoms with E-state index < -0.39 is 11.9 Å². The van der Waals surface area contributed by atoms with Crippen LogP contribution >= 0.6 is 0 Å². The molecule has 8 heteroatoms. The Morgan fingerprint density at radius 1 is 1.24 bits per heavy atom. The normalized spacial score (nSPS) is 18.4. The third-order valence-electron chi connectivity index (χ3n) is 4.19. The predicted octanol–water partition coefficient (Wildman–Crippen LogP) is 3.42. The highest BCUT2D eigenvalue weighted by Gasteiger charge is 2.34. The highest BCUT2D eigenvalue weighted by atomic mass is 19.4. The van der Waals surface area contributed by atoms with Gasteiger partial charge in [-0.05, 0) is 30.9 Å². The number of methoxy groups -OCH3 is 1. The van der Waals surface area contributed by atoms with Crippen LogP contribution in [0.3, 0.4) is 0 Å². The maximum atomic E-state index is 13.3. The summed E-state index contributed by atoms with van der Waals surface area (Å²) in [4.78, 5) is 13.9. The number of piperidine rings is 1. The third-order valence-corrected chi connectivity index (χ3v) is 4.19. The number of nitrogens with zero attached hydrogens (tertiary/aromatic N) is 4. The molecular weight excluding hydrogens is 333 g/mol. The smallest absolute Gasteiger partial charge is 0.384 e. The fourth-order valence-corrected chi connectivity index (χ4v) is 3.02. The van der Waals surface area contributed by atoms with Crippen molar-refractivity contribution in [1.82, 2.24) is 15.0 Å². The van der Waals surface area contributed by atoms with Crippen LogP contribution in [0.4, 0.5) is 19.0 Å². The van der Waals surface area contributed by atoms with E-state index in [1.54, 1.807) is 19.2 Å². The van der Waals surface area contributed by atoms with E-state index in [9.17, 15) is 13.2 Å². The van der Waals surface area contributed by atoms with Gasteiger partial charge >= 0.3 is 6.18 Å². The molecule has 1 atom stereocenters. The molecule has 0 amide bonds. The Balaban J connectivity index is 1.98. The number of anilines is 1. The SMILES string of the molecule is COCC1CCCN(c2cc(C(F)(F)F)nc(-c3ccncc3)n2)C1.